The molecule has 2 amide bonds. The molecular weight excluding hydrogens is 382 g/mol. The van der Waals surface area contributed by atoms with E-state index in [-0.39, 0.29) is 35.6 Å². The molecule has 1 N–H and O–H groups in total. The van der Waals surface area contributed by atoms with Crippen LogP contribution in [0.15, 0.2) is 47.3 Å². The Morgan fingerprint density at radius 3 is 2.67 bits per heavy atom. The number of likely N-dealkylation sites (tertiary alicyclic amines) is 1. The zero-order chi connectivity index (χ0) is 21.1. The van der Waals surface area contributed by atoms with E-state index in [0.29, 0.717) is 38.3 Å². The number of benzene rings is 1. The summed E-state index contributed by atoms with van der Waals surface area (Å²) < 4.78 is 6.81. The molecule has 2 aliphatic rings. The van der Waals surface area contributed by atoms with Crippen molar-refractivity contribution < 1.29 is 14.3 Å². The number of fused-ring (bicyclic) bond motifs is 4. The Hall–Kier alpha value is -2.93. The topological polar surface area (TPSA) is 80.6 Å². The van der Waals surface area contributed by atoms with Crippen LogP contribution in [0.5, 0.6) is 0 Å². The molecule has 1 fully saturated rings. The number of nitrogens with one attached hydrogen (secondary N) is 1. The van der Waals surface area contributed by atoms with Crippen molar-refractivity contribution in [1.82, 2.24) is 9.47 Å². The molecule has 0 aliphatic carbocycles. The number of aromatic nitrogens is 1. The molecule has 4 rings (SSSR count). The number of rotatable bonds is 6. The van der Waals surface area contributed by atoms with Gasteiger partial charge in [-0.25, -0.2) is 0 Å². The van der Waals surface area contributed by atoms with E-state index in [9.17, 15) is 14.4 Å². The highest BCUT2D eigenvalue weighted by molar-refractivity contribution is 5.92. The summed E-state index contributed by atoms with van der Waals surface area (Å²) in [5, 5.41) is 2.77. The minimum Gasteiger partial charge on any atom is -0.384 e. The summed E-state index contributed by atoms with van der Waals surface area (Å²) in [6, 6.07) is 13.1. The highest BCUT2D eigenvalue weighted by atomic mass is 16.5. The van der Waals surface area contributed by atoms with Crippen LogP contribution in [0.1, 0.15) is 30.0 Å². The van der Waals surface area contributed by atoms with E-state index in [0.717, 1.165) is 17.7 Å². The minimum atomic E-state index is -0.204. The van der Waals surface area contributed by atoms with E-state index in [1.807, 2.05) is 41.3 Å². The maximum atomic E-state index is 13.0. The van der Waals surface area contributed by atoms with E-state index >= 15 is 0 Å². The summed E-state index contributed by atoms with van der Waals surface area (Å²) in [5.41, 5.74) is 2.00. The zero-order valence-electron chi connectivity index (χ0n) is 17.2. The first-order valence-corrected chi connectivity index (χ1v) is 10.4. The normalized spacial score (nSPS) is 19.8. The smallest absolute Gasteiger partial charge is 0.274 e. The second-order valence-corrected chi connectivity index (χ2v) is 8.14. The highest BCUT2D eigenvalue weighted by Gasteiger charge is 2.36. The van der Waals surface area contributed by atoms with Gasteiger partial charge in [0.25, 0.3) is 5.56 Å². The first kappa shape index (κ1) is 20.3. The van der Waals surface area contributed by atoms with Crippen LogP contribution in [0.2, 0.25) is 0 Å². The maximum absolute atomic E-state index is 13.0. The average molecular weight is 409 g/mol. The van der Waals surface area contributed by atoms with Gasteiger partial charge in [-0.15, -0.1) is 0 Å². The average Bonchev–Trinajstić information content (AvgIpc) is 2.75. The third-order valence-electron chi connectivity index (χ3n) is 5.96. The predicted molar refractivity (Wildman–Crippen MR) is 113 cm³/mol. The lowest BCUT2D eigenvalue weighted by Crippen LogP contribution is -2.49. The molecule has 0 unspecified atom stereocenters. The number of anilines is 1. The monoisotopic (exact) mass is 409 g/mol. The quantitative estimate of drug-likeness (QED) is 0.792. The van der Waals surface area contributed by atoms with Gasteiger partial charge in [0.2, 0.25) is 11.8 Å². The van der Waals surface area contributed by atoms with E-state index in [1.165, 1.54) is 0 Å². The third kappa shape index (κ3) is 4.31. The van der Waals surface area contributed by atoms with Gasteiger partial charge in [-0.3, -0.25) is 14.4 Å². The number of ether oxygens (including phenoxy) is 1. The maximum Gasteiger partial charge on any atom is 0.274 e. The molecule has 1 aromatic carbocycles. The van der Waals surface area contributed by atoms with Gasteiger partial charge in [-0.05, 0) is 30.0 Å². The van der Waals surface area contributed by atoms with Crippen LogP contribution in [0.4, 0.5) is 5.69 Å². The van der Waals surface area contributed by atoms with Crippen LogP contribution >= 0.6 is 0 Å². The summed E-state index contributed by atoms with van der Waals surface area (Å²) in [7, 11) is 1.59. The standard InChI is InChI=1S/C23H27N3O4/c1-30-10-9-22(28)25-13-17-11-18(15-25)20-8-7-19(23(29)26(20)14-17)24-21(27)12-16-5-3-2-4-6-16/h2-8,17-18H,9-15H2,1H3,(H,24,27)/t17-,18-/m1/s1. The molecule has 1 aromatic heterocycles. The van der Waals surface area contributed by atoms with Crippen molar-refractivity contribution in [1.29, 1.82) is 0 Å². The van der Waals surface area contributed by atoms with E-state index in [2.05, 4.69) is 5.32 Å². The van der Waals surface area contributed by atoms with Gasteiger partial charge in [0, 0.05) is 38.4 Å². The van der Waals surface area contributed by atoms with Crippen LogP contribution in [-0.4, -0.2) is 48.1 Å². The van der Waals surface area contributed by atoms with Crippen molar-refractivity contribution in [3.05, 3.63) is 64.1 Å². The number of hydrogen-bond acceptors (Lipinski definition) is 4. The lowest BCUT2D eigenvalue weighted by atomic mass is 9.83. The van der Waals surface area contributed by atoms with E-state index < -0.39 is 0 Å². The Morgan fingerprint density at radius 1 is 1.10 bits per heavy atom. The fourth-order valence-electron chi connectivity index (χ4n) is 4.57. The van der Waals surface area contributed by atoms with Crippen molar-refractivity contribution in [2.24, 2.45) is 5.92 Å². The fourth-order valence-corrected chi connectivity index (χ4v) is 4.57. The largest absolute Gasteiger partial charge is 0.384 e. The Balaban J connectivity index is 1.48. The van der Waals surface area contributed by atoms with Gasteiger partial charge < -0.3 is 19.5 Å². The molecule has 0 spiro atoms. The van der Waals surface area contributed by atoms with Gasteiger partial charge >= 0.3 is 0 Å². The minimum absolute atomic E-state index is 0.104. The lowest BCUT2D eigenvalue weighted by Gasteiger charge is -2.43. The van der Waals surface area contributed by atoms with Crippen LogP contribution in [0.25, 0.3) is 0 Å². The predicted octanol–water partition coefficient (Wildman–Crippen LogP) is 2.01. The molecule has 7 nitrogen and oxygen atoms in total. The molecule has 2 aromatic rings. The molecule has 158 valence electrons. The Bertz CT molecular complexity index is 986. The van der Waals surface area contributed by atoms with E-state index in [4.69, 9.17) is 4.74 Å². The highest BCUT2D eigenvalue weighted by Crippen LogP contribution is 2.35. The molecule has 7 heteroatoms. The molecule has 0 saturated carbocycles. The number of nitrogens with zero attached hydrogens (tertiary/aromatic N) is 2. The van der Waals surface area contributed by atoms with Crippen molar-refractivity contribution in [3.8, 4) is 0 Å². The number of hydrogen-bond donors (Lipinski definition) is 1. The summed E-state index contributed by atoms with van der Waals surface area (Å²) in [4.78, 5) is 39.8. The van der Waals surface area contributed by atoms with Crippen molar-refractivity contribution in [3.63, 3.8) is 0 Å². The molecule has 1 saturated heterocycles. The number of carbonyl (C=O) groups excluding carboxylic acids is 2. The third-order valence-corrected chi connectivity index (χ3v) is 5.96. The van der Waals surface area contributed by atoms with Crippen molar-refractivity contribution in [2.45, 2.75) is 31.7 Å². The lowest BCUT2D eigenvalue weighted by molar-refractivity contribution is -0.134. The molecule has 2 aliphatic heterocycles. The van der Waals surface area contributed by atoms with Crippen molar-refractivity contribution >= 4 is 17.5 Å². The summed E-state index contributed by atoms with van der Waals surface area (Å²) >= 11 is 0. The number of carbonyl (C=O) groups is 2. The SMILES string of the molecule is COCCC(=O)N1C[C@H]2C[C@H](C1)c1ccc(NC(=O)Cc3ccccc3)c(=O)n1C2. The summed E-state index contributed by atoms with van der Waals surface area (Å²) in [5.74, 6) is 0.290. The van der Waals surface area contributed by atoms with Crippen molar-refractivity contribution in [2.75, 3.05) is 32.1 Å². The fraction of sp³-hybridized carbons (Fsp3) is 0.435. The Morgan fingerprint density at radius 2 is 1.90 bits per heavy atom. The molecule has 30 heavy (non-hydrogen) atoms. The molecule has 0 radical (unpaired) electrons. The van der Waals surface area contributed by atoms with Crippen LogP contribution < -0.4 is 10.9 Å². The van der Waals surface area contributed by atoms with Gasteiger partial charge in [-0.2, -0.15) is 0 Å². The summed E-state index contributed by atoms with van der Waals surface area (Å²) in [6.45, 7) is 2.28. The Kier molecular flexibility index (Phi) is 5.99. The number of pyridine rings is 1. The van der Waals surface area contributed by atoms with Crippen LogP contribution in [0.3, 0.4) is 0 Å². The van der Waals surface area contributed by atoms with Gasteiger partial charge in [0.1, 0.15) is 5.69 Å². The molecule has 2 bridgehead atoms. The Labute approximate surface area is 175 Å². The second-order valence-electron chi connectivity index (χ2n) is 8.14. The first-order chi connectivity index (χ1) is 14.5. The number of piperidine rings is 1. The zero-order valence-corrected chi connectivity index (χ0v) is 17.2. The molecule has 3 heterocycles. The van der Waals surface area contributed by atoms with Gasteiger partial charge in [0.15, 0.2) is 0 Å². The second kappa shape index (κ2) is 8.83. The summed E-state index contributed by atoms with van der Waals surface area (Å²) in [6.07, 6.45) is 1.59. The molecule has 2 atom stereocenters. The van der Waals surface area contributed by atoms with Crippen LogP contribution in [0, 0.1) is 5.92 Å². The number of amides is 2. The first-order valence-electron chi connectivity index (χ1n) is 10.4. The van der Waals surface area contributed by atoms with Gasteiger partial charge in [-0.1, -0.05) is 30.3 Å². The van der Waals surface area contributed by atoms with Gasteiger partial charge in [0.05, 0.1) is 19.4 Å². The van der Waals surface area contributed by atoms with Crippen LogP contribution in [-0.2, 0) is 27.3 Å². The van der Waals surface area contributed by atoms with E-state index in [1.54, 1.807) is 17.7 Å². The molecular formula is C23H27N3O4. The number of methoxy groups -OCH3 is 1.